The lowest BCUT2D eigenvalue weighted by atomic mass is 10.0. The lowest BCUT2D eigenvalue weighted by Crippen LogP contribution is -2.21. The SMILES string of the molecule is Cn1ccc(CN[C@H](CCO)c2ccccc2)c1. The number of nitrogens with one attached hydrogen (secondary N) is 1. The maximum Gasteiger partial charge on any atom is 0.0449 e. The molecule has 1 atom stereocenters. The van der Waals surface area contributed by atoms with Gasteiger partial charge in [-0.2, -0.15) is 0 Å². The molecule has 1 heterocycles. The lowest BCUT2D eigenvalue weighted by molar-refractivity contribution is 0.265. The molecule has 2 rings (SSSR count). The van der Waals surface area contributed by atoms with Crippen molar-refractivity contribution in [3.8, 4) is 0 Å². The third kappa shape index (κ3) is 3.45. The van der Waals surface area contributed by atoms with Gasteiger partial charge in [0.15, 0.2) is 0 Å². The molecule has 0 aliphatic rings. The summed E-state index contributed by atoms with van der Waals surface area (Å²) >= 11 is 0. The van der Waals surface area contributed by atoms with Crippen LogP contribution in [0.3, 0.4) is 0 Å². The van der Waals surface area contributed by atoms with Crippen LogP contribution in [0.1, 0.15) is 23.6 Å². The van der Waals surface area contributed by atoms with Crippen molar-refractivity contribution in [1.82, 2.24) is 9.88 Å². The van der Waals surface area contributed by atoms with Crippen molar-refractivity contribution >= 4 is 0 Å². The Morgan fingerprint density at radius 3 is 2.61 bits per heavy atom. The molecule has 18 heavy (non-hydrogen) atoms. The Bertz CT molecular complexity index is 464. The van der Waals surface area contributed by atoms with Crippen LogP contribution in [0.2, 0.25) is 0 Å². The number of benzene rings is 1. The fourth-order valence-electron chi connectivity index (χ4n) is 2.11. The summed E-state index contributed by atoms with van der Waals surface area (Å²) in [5, 5.41) is 12.6. The minimum atomic E-state index is 0.196. The minimum absolute atomic E-state index is 0.196. The van der Waals surface area contributed by atoms with E-state index in [1.165, 1.54) is 11.1 Å². The van der Waals surface area contributed by atoms with Gasteiger partial charge in [-0.05, 0) is 23.6 Å². The van der Waals surface area contributed by atoms with Gasteiger partial charge in [0, 0.05) is 38.6 Å². The van der Waals surface area contributed by atoms with Crippen LogP contribution < -0.4 is 5.32 Å². The number of aryl methyl sites for hydroxylation is 1. The predicted molar refractivity (Wildman–Crippen MR) is 73.1 cm³/mol. The second kappa shape index (κ2) is 6.38. The van der Waals surface area contributed by atoms with Crippen LogP contribution in [0, 0.1) is 0 Å². The molecule has 0 unspecified atom stereocenters. The van der Waals surface area contributed by atoms with Crippen molar-refractivity contribution in [1.29, 1.82) is 0 Å². The van der Waals surface area contributed by atoms with Crippen molar-refractivity contribution < 1.29 is 5.11 Å². The van der Waals surface area contributed by atoms with E-state index in [0.29, 0.717) is 0 Å². The molecule has 3 heteroatoms. The van der Waals surface area contributed by atoms with Crippen LogP contribution in [0.5, 0.6) is 0 Å². The van der Waals surface area contributed by atoms with Gasteiger partial charge in [-0.25, -0.2) is 0 Å². The largest absolute Gasteiger partial charge is 0.396 e. The Balaban J connectivity index is 1.98. The van der Waals surface area contributed by atoms with Gasteiger partial charge in [0.25, 0.3) is 0 Å². The summed E-state index contributed by atoms with van der Waals surface area (Å²) in [6.07, 6.45) is 4.88. The first-order valence-electron chi connectivity index (χ1n) is 6.29. The standard InChI is InChI=1S/C15H20N2O/c1-17-9-7-13(12-17)11-16-15(8-10-18)14-5-3-2-4-6-14/h2-7,9,12,15-16,18H,8,10-11H2,1H3/t15-/m1/s1. The van der Waals surface area contributed by atoms with E-state index in [0.717, 1.165) is 13.0 Å². The molecule has 0 amide bonds. The summed E-state index contributed by atoms with van der Waals surface area (Å²) in [6, 6.07) is 12.6. The van der Waals surface area contributed by atoms with E-state index in [1.807, 2.05) is 36.0 Å². The van der Waals surface area contributed by atoms with Crippen molar-refractivity contribution in [2.75, 3.05) is 6.61 Å². The minimum Gasteiger partial charge on any atom is -0.396 e. The smallest absolute Gasteiger partial charge is 0.0449 e. The summed E-state index contributed by atoms with van der Waals surface area (Å²) < 4.78 is 2.04. The monoisotopic (exact) mass is 244 g/mol. The number of hydrogen-bond donors (Lipinski definition) is 2. The molecule has 0 aliphatic heterocycles. The van der Waals surface area contributed by atoms with Crippen LogP contribution in [-0.4, -0.2) is 16.3 Å². The predicted octanol–water partition coefficient (Wildman–Crippen LogP) is 2.24. The molecule has 3 nitrogen and oxygen atoms in total. The number of hydrogen-bond acceptors (Lipinski definition) is 2. The molecule has 0 saturated heterocycles. The first-order valence-corrected chi connectivity index (χ1v) is 6.29. The van der Waals surface area contributed by atoms with E-state index in [-0.39, 0.29) is 12.6 Å². The fourth-order valence-corrected chi connectivity index (χ4v) is 2.11. The van der Waals surface area contributed by atoms with Gasteiger partial charge in [0.2, 0.25) is 0 Å². The Hall–Kier alpha value is -1.58. The first kappa shape index (κ1) is 12.9. The maximum absolute atomic E-state index is 9.16. The van der Waals surface area contributed by atoms with Crippen LogP contribution in [0.4, 0.5) is 0 Å². The summed E-state index contributed by atoms with van der Waals surface area (Å²) in [7, 11) is 2.02. The molecule has 1 aromatic carbocycles. The van der Waals surface area contributed by atoms with Gasteiger partial charge >= 0.3 is 0 Å². The normalized spacial score (nSPS) is 12.6. The second-order valence-electron chi connectivity index (χ2n) is 4.54. The molecular weight excluding hydrogens is 224 g/mol. The molecule has 0 bridgehead atoms. The van der Waals surface area contributed by atoms with Gasteiger partial charge in [-0.15, -0.1) is 0 Å². The topological polar surface area (TPSA) is 37.2 Å². The molecule has 0 saturated carbocycles. The molecule has 96 valence electrons. The fraction of sp³-hybridized carbons (Fsp3) is 0.333. The quantitative estimate of drug-likeness (QED) is 0.817. The van der Waals surface area contributed by atoms with E-state index in [2.05, 4.69) is 29.7 Å². The van der Waals surface area contributed by atoms with E-state index in [1.54, 1.807) is 0 Å². The highest BCUT2D eigenvalue weighted by Crippen LogP contribution is 2.16. The summed E-state index contributed by atoms with van der Waals surface area (Å²) in [4.78, 5) is 0. The second-order valence-corrected chi connectivity index (χ2v) is 4.54. The first-order chi connectivity index (χ1) is 8.79. The van der Waals surface area contributed by atoms with E-state index in [9.17, 15) is 0 Å². The number of rotatable bonds is 6. The number of nitrogens with zero attached hydrogens (tertiary/aromatic N) is 1. The molecule has 0 spiro atoms. The average molecular weight is 244 g/mol. The highest BCUT2D eigenvalue weighted by molar-refractivity contribution is 5.19. The molecule has 0 fully saturated rings. The summed E-state index contributed by atoms with van der Waals surface area (Å²) in [5.74, 6) is 0. The highest BCUT2D eigenvalue weighted by atomic mass is 16.3. The molecule has 0 radical (unpaired) electrons. The lowest BCUT2D eigenvalue weighted by Gasteiger charge is -2.17. The van der Waals surface area contributed by atoms with E-state index in [4.69, 9.17) is 5.11 Å². The average Bonchev–Trinajstić information content (AvgIpc) is 2.81. The molecular formula is C15H20N2O. The number of aliphatic hydroxyl groups excluding tert-OH is 1. The Kier molecular flexibility index (Phi) is 4.56. The molecule has 2 N–H and O–H groups in total. The van der Waals surface area contributed by atoms with Crippen molar-refractivity contribution in [3.63, 3.8) is 0 Å². The number of aromatic nitrogens is 1. The van der Waals surface area contributed by atoms with Gasteiger partial charge < -0.3 is 15.0 Å². The van der Waals surface area contributed by atoms with Crippen molar-refractivity contribution in [2.45, 2.75) is 19.0 Å². The molecule has 1 aromatic heterocycles. The van der Waals surface area contributed by atoms with Crippen LogP contribution in [0.15, 0.2) is 48.8 Å². The maximum atomic E-state index is 9.16. The zero-order chi connectivity index (χ0) is 12.8. The Morgan fingerprint density at radius 1 is 1.22 bits per heavy atom. The van der Waals surface area contributed by atoms with E-state index >= 15 is 0 Å². The van der Waals surface area contributed by atoms with Crippen molar-refractivity contribution in [3.05, 3.63) is 59.9 Å². The zero-order valence-electron chi connectivity index (χ0n) is 10.7. The van der Waals surface area contributed by atoms with Crippen molar-refractivity contribution in [2.24, 2.45) is 7.05 Å². The van der Waals surface area contributed by atoms with Gasteiger partial charge in [-0.3, -0.25) is 0 Å². The van der Waals surface area contributed by atoms with Crippen LogP contribution in [0.25, 0.3) is 0 Å². The summed E-state index contributed by atoms with van der Waals surface area (Å²) in [5.41, 5.74) is 2.49. The third-order valence-electron chi connectivity index (χ3n) is 3.07. The molecule has 2 aromatic rings. The van der Waals surface area contributed by atoms with Gasteiger partial charge in [0.1, 0.15) is 0 Å². The third-order valence-corrected chi connectivity index (χ3v) is 3.07. The van der Waals surface area contributed by atoms with Gasteiger partial charge in [0.05, 0.1) is 0 Å². The van der Waals surface area contributed by atoms with Gasteiger partial charge in [-0.1, -0.05) is 30.3 Å². The van der Waals surface area contributed by atoms with Crippen LogP contribution >= 0.6 is 0 Å². The summed E-state index contributed by atoms with van der Waals surface area (Å²) in [6.45, 7) is 1.02. The van der Waals surface area contributed by atoms with E-state index < -0.39 is 0 Å². The molecule has 0 aliphatic carbocycles. The number of aliphatic hydroxyl groups is 1. The zero-order valence-corrected chi connectivity index (χ0v) is 10.7. The Labute approximate surface area is 108 Å². The Morgan fingerprint density at radius 2 is 2.00 bits per heavy atom. The highest BCUT2D eigenvalue weighted by Gasteiger charge is 2.09. The van der Waals surface area contributed by atoms with Crippen LogP contribution in [-0.2, 0) is 13.6 Å².